The van der Waals surface area contributed by atoms with Crippen molar-refractivity contribution in [3.63, 3.8) is 0 Å². The maximum Gasteiger partial charge on any atom is 0.0974 e. The van der Waals surface area contributed by atoms with Crippen molar-refractivity contribution in [3.8, 4) is 12.3 Å². The molecule has 0 aliphatic carbocycles. The number of nitrogens with zero attached hydrogens (tertiary/aromatic N) is 2. The number of terminal acetylenes is 1. The lowest BCUT2D eigenvalue weighted by Crippen LogP contribution is -1.93. The van der Waals surface area contributed by atoms with E-state index < -0.39 is 0 Å². The second-order valence-electron chi connectivity index (χ2n) is 2.02. The third-order valence-corrected chi connectivity index (χ3v) is 1.40. The molecule has 0 saturated heterocycles. The fraction of sp³-hybridized carbons (Fsp3) is 0.429. The van der Waals surface area contributed by atoms with Gasteiger partial charge in [0, 0.05) is 0 Å². The highest BCUT2D eigenvalue weighted by Gasteiger charge is 2.06. The quantitative estimate of drug-likeness (QED) is 0.613. The van der Waals surface area contributed by atoms with Gasteiger partial charge in [-0.05, 0) is 6.42 Å². The first-order valence-corrected chi connectivity index (χ1v) is 3.20. The first-order chi connectivity index (χ1) is 4.88. The number of hydrogen-bond acceptors (Lipinski definition) is 2. The number of aromatic amines is 1. The fourth-order valence-corrected chi connectivity index (χ4v) is 0.791. The molecule has 1 unspecified atom stereocenters. The van der Waals surface area contributed by atoms with Gasteiger partial charge in [0.15, 0.2) is 0 Å². The van der Waals surface area contributed by atoms with Crippen LogP contribution < -0.4 is 0 Å². The third-order valence-electron chi connectivity index (χ3n) is 1.40. The summed E-state index contributed by atoms with van der Waals surface area (Å²) < 4.78 is 0. The molecule has 0 amide bonds. The molecule has 3 heteroatoms. The van der Waals surface area contributed by atoms with Crippen LogP contribution in [0.4, 0.5) is 0 Å². The normalized spacial score (nSPS) is 12.4. The van der Waals surface area contributed by atoms with Crippen molar-refractivity contribution in [2.45, 2.75) is 19.3 Å². The van der Waals surface area contributed by atoms with Crippen molar-refractivity contribution in [1.29, 1.82) is 0 Å². The highest BCUT2D eigenvalue weighted by Crippen LogP contribution is 2.13. The van der Waals surface area contributed by atoms with Gasteiger partial charge in [0.25, 0.3) is 0 Å². The molecule has 1 aromatic rings. The third kappa shape index (κ3) is 1.16. The minimum absolute atomic E-state index is 0.110. The number of rotatable bonds is 2. The van der Waals surface area contributed by atoms with Gasteiger partial charge in [0.1, 0.15) is 0 Å². The highest BCUT2D eigenvalue weighted by atomic mass is 15.3. The molecule has 1 heterocycles. The van der Waals surface area contributed by atoms with E-state index in [9.17, 15) is 0 Å². The topological polar surface area (TPSA) is 41.6 Å². The Kier molecular flexibility index (Phi) is 2.06. The zero-order valence-corrected chi connectivity index (χ0v) is 5.83. The van der Waals surface area contributed by atoms with Crippen molar-refractivity contribution in [1.82, 2.24) is 15.4 Å². The molecule has 1 atom stereocenters. The molecule has 0 aromatic carbocycles. The minimum atomic E-state index is 0.110. The molecule has 10 heavy (non-hydrogen) atoms. The van der Waals surface area contributed by atoms with Crippen LogP contribution in [0.25, 0.3) is 0 Å². The number of hydrogen-bond donors (Lipinski definition) is 1. The van der Waals surface area contributed by atoms with Gasteiger partial charge in [-0.1, -0.05) is 12.8 Å². The van der Waals surface area contributed by atoms with Gasteiger partial charge >= 0.3 is 0 Å². The molecular formula is C7H9N3. The standard InChI is InChI=1S/C7H9N3/c1-3-6(4-2)7-5-8-10-9-7/h1,5-6H,4H2,2H3,(H,8,9,10). The summed E-state index contributed by atoms with van der Waals surface area (Å²) in [5.41, 5.74) is 0.852. The number of nitrogens with one attached hydrogen (secondary N) is 1. The second-order valence-corrected chi connectivity index (χ2v) is 2.02. The first-order valence-electron chi connectivity index (χ1n) is 3.20. The maximum atomic E-state index is 5.24. The Bertz CT molecular complexity index is 219. The predicted molar refractivity (Wildman–Crippen MR) is 38.2 cm³/mol. The Hall–Kier alpha value is -1.30. The molecule has 0 aliphatic rings. The van der Waals surface area contributed by atoms with E-state index >= 15 is 0 Å². The molecule has 0 saturated carbocycles. The lowest BCUT2D eigenvalue weighted by atomic mass is 10.1. The molecule has 1 aromatic heterocycles. The van der Waals surface area contributed by atoms with Gasteiger partial charge in [-0.3, -0.25) is 0 Å². The van der Waals surface area contributed by atoms with E-state index in [1.807, 2.05) is 6.92 Å². The van der Waals surface area contributed by atoms with Crippen LogP contribution in [0.3, 0.4) is 0 Å². The average Bonchev–Trinajstić information content (AvgIpc) is 2.43. The fourth-order valence-electron chi connectivity index (χ4n) is 0.791. The van der Waals surface area contributed by atoms with E-state index in [-0.39, 0.29) is 5.92 Å². The van der Waals surface area contributed by atoms with Crippen molar-refractivity contribution < 1.29 is 0 Å². The van der Waals surface area contributed by atoms with E-state index in [1.54, 1.807) is 6.20 Å². The van der Waals surface area contributed by atoms with E-state index in [0.717, 1.165) is 12.1 Å². The largest absolute Gasteiger partial charge is 0.198 e. The lowest BCUT2D eigenvalue weighted by molar-refractivity contribution is 0.786. The van der Waals surface area contributed by atoms with Crippen LogP contribution in [0.5, 0.6) is 0 Å². The van der Waals surface area contributed by atoms with Crippen molar-refractivity contribution in [2.75, 3.05) is 0 Å². The highest BCUT2D eigenvalue weighted by molar-refractivity contribution is 5.14. The van der Waals surface area contributed by atoms with Gasteiger partial charge in [0.2, 0.25) is 0 Å². The summed E-state index contributed by atoms with van der Waals surface area (Å²) in [5.74, 6) is 2.74. The van der Waals surface area contributed by atoms with E-state index in [2.05, 4.69) is 21.3 Å². The molecular weight excluding hydrogens is 126 g/mol. The summed E-state index contributed by atoms with van der Waals surface area (Å²) in [6, 6.07) is 0. The summed E-state index contributed by atoms with van der Waals surface area (Å²) in [6.07, 6.45) is 7.81. The first kappa shape index (κ1) is 6.81. The summed E-state index contributed by atoms with van der Waals surface area (Å²) >= 11 is 0. The molecule has 0 spiro atoms. The molecule has 0 radical (unpaired) electrons. The van der Waals surface area contributed by atoms with Crippen LogP contribution in [0.1, 0.15) is 25.0 Å². The molecule has 0 fully saturated rings. The summed E-state index contributed by atoms with van der Waals surface area (Å²) in [4.78, 5) is 0. The number of H-pyrrole nitrogens is 1. The maximum absolute atomic E-state index is 5.24. The zero-order chi connectivity index (χ0) is 7.40. The summed E-state index contributed by atoms with van der Waals surface area (Å²) in [6.45, 7) is 2.03. The van der Waals surface area contributed by atoms with Gasteiger partial charge in [-0.2, -0.15) is 15.4 Å². The molecule has 0 aliphatic heterocycles. The molecule has 1 N–H and O–H groups in total. The van der Waals surface area contributed by atoms with Crippen LogP contribution in [-0.4, -0.2) is 15.4 Å². The Morgan fingerprint density at radius 3 is 3.10 bits per heavy atom. The monoisotopic (exact) mass is 135 g/mol. The zero-order valence-electron chi connectivity index (χ0n) is 5.83. The lowest BCUT2D eigenvalue weighted by Gasteiger charge is -1.99. The average molecular weight is 135 g/mol. The Labute approximate surface area is 59.8 Å². The van der Waals surface area contributed by atoms with Crippen LogP contribution in [0, 0.1) is 12.3 Å². The SMILES string of the molecule is C#CC(CC)c1cn[nH]n1. The van der Waals surface area contributed by atoms with Crippen LogP contribution in [0.2, 0.25) is 0 Å². The molecule has 52 valence electrons. The molecule has 3 nitrogen and oxygen atoms in total. The summed E-state index contributed by atoms with van der Waals surface area (Å²) in [7, 11) is 0. The van der Waals surface area contributed by atoms with E-state index in [0.29, 0.717) is 0 Å². The van der Waals surface area contributed by atoms with Crippen molar-refractivity contribution in [2.24, 2.45) is 0 Å². The van der Waals surface area contributed by atoms with Gasteiger partial charge in [0.05, 0.1) is 17.8 Å². The van der Waals surface area contributed by atoms with Crippen molar-refractivity contribution >= 4 is 0 Å². The Balaban J connectivity index is 2.76. The second kappa shape index (κ2) is 3.02. The summed E-state index contributed by atoms with van der Waals surface area (Å²) in [5, 5.41) is 10.1. The molecule has 0 bridgehead atoms. The number of aromatic nitrogens is 3. The van der Waals surface area contributed by atoms with E-state index in [1.165, 1.54) is 0 Å². The van der Waals surface area contributed by atoms with Crippen LogP contribution in [-0.2, 0) is 0 Å². The smallest absolute Gasteiger partial charge is 0.0974 e. The van der Waals surface area contributed by atoms with Crippen LogP contribution in [0.15, 0.2) is 6.20 Å². The van der Waals surface area contributed by atoms with Gasteiger partial charge in [-0.15, -0.1) is 6.42 Å². The van der Waals surface area contributed by atoms with Crippen molar-refractivity contribution in [3.05, 3.63) is 11.9 Å². The minimum Gasteiger partial charge on any atom is -0.198 e. The van der Waals surface area contributed by atoms with Crippen LogP contribution >= 0.6 is 0 Å². The van der Waals surface area contributed by atoms with Gasteiger partial charge < -0.3 is 0 Å². The van der Waals surface area contributed by atoms with E-state index in [4.69, 9.17) is 6.42 Å². The predicted octanol–water partition coefficient (Wildman–Crippen LogP) is 0.931. The Morgan fingerprint density at radius 1 is 1.90 bits per heavy atom. The Morgan fingerprint density at radius 2 is 2.70 bits per heavy atom. The molecule has 1 rings (SSSR count). The van der Waals surface area contributed by atoms with Gasteiger partial charge in [-0.25, -0.2) is 0 Å².